The zero-order valence-corrected chi connectivity index (χ0v) is 8.49. The molecule has 14 heavy (non-hydrogen) atoms. The molecule has 0 aliphatic heterocycles. The van der Waals surface area contributed by atoms with Gasteiger partial charge in [0.25, 0.3) is 0 Å². The van der Waals surface area contributed by atoms with Crippen LogP contribution >= 0.6 is 12.2 Å². The van der Waals surface area contributed by atoms with Crippen LogP contribution in [0.4, 0.5) is 0 Å². The molecule has 0 radical (unpaired) electrons. The van der Waals surface area contributed by atoms with Crippen LogP contribution in [-0.4, -0.2) is 9.13 Å². The summed E-state index contributed by atoms with van der Waals surface area (Å²) in [5.74, 6) is -0.0938. The predicted molar refractivity (Wildman–Crippen MR) is 55.0 cm³/mol. The molecule has 72 valence electrons. The fraction of sp³-hybridized carbons (Fsp3) is 0.100. The van der Waals surface area contributed by atoms with E-state index in [0.717, 1.165) is 5.69 Å². The summed E-state index contributed by atoms with van der Waals surface area (Å²) in [6.07, 6.45) is 1.48. The third-order valence-corrected chi connectivity index (χ3v) is 2.50. The van der Waals surface area contributed by atoms with E-state index >= 15 is 0 Å². The van der Waals surface area contributed by atoms with E-state index < -0.39 is 0 Å². The molecule has 4 heteroatoms. The average molecular weight is 205 g/mol. The molecule has 0 atom stereocenters. The molecule has 0 saturated carbocycles. The quantitative estimate of drug-likeness (QED) is 0.663. The van der Waals surface area contributed by atoms with E-state index in [0.29, 0.717) is 4.77 Å². The van der Waals surface area contributed by atoms with Gasteiger partial charge in [0.05, 0.1) is 0 Å². The Morgan fingerprint density at radius 1 is 1.21 bits per heavy atom. The summed E-state index contributed by atoms with van der Waals surface area (Å²) >= 11 is 5.12. The fourth-order valence-corrected chi connectivity index (χ4v) is 1.59. The van der Waals surface area contributed by atoms with Crippen LogP contribution in [0.5, 0.6) is 5.88 Å². The van der Waals surface area contributed by atoms with Crippen LogP contribution in [0.25, 0.3) is 5.69 Å². The number of imidazole rings is 1. The molecule has 1 aromatic carbocycles. The highest BCUT2D eigenvalue weighted by Crippen LogP contribution is 2.15. The van der Waals surface area contributed by atoms with Crippen molar-refractivity contribution in [3.63, 3.8) is 0 Å². The molecule has 2 aromatic rings. The topological polar surface area (TPSA) is 32.9 Å². The number of hydrogen-bond acceptors (Lipinski definition) is 2. The lowest BCUT2D eigenvalue weighted by Gasteiger charge is -2.10. The maximum atomic E-state index is 11.5. The Morgan fingerprint density at radius 3 is 2.36 bits per heavy atom. The minimum absolute atomic E-state index is 0.0938. The average Bonchev–Trinajstić information content (AvgIpc) is 2.43. The number of nitrogens with zero attached hydrogens (tertiary/aromatic N) is 2. The lowest BCUT2D eigenvalue weighted by molar-refractivity contribution is -0.277. The van der Waals surface area contributed by atoms with Crippen molar-refractivity contribution < 1.29 is 5.11 Å². The Hall–Kier alpha value is -1.55. The summed E-state index contributed by atoms with van der Waals surface area (Å²) in [6, 6.07) is 9.38. The van der Waals surface area contributed by atoms with E-state index in [1.807, 2.05) is 30.3 Å². The molecule has 0 bridgehead atoms. The molecule has 0 unspecified atom stereocenters. The van der Waals surface area contributed by atoms with Gasteiger partial charge in [-0.2, -0.15) is 0 Å². The van der Waals surface area contributed by atoms with Crippen molar-refractivity contribution in [3.05, 3.63) is 41.3 Å². The van der Waals surface area contributed by atoms with Crippen molar-refractivity contribution in [2.45, 2.75) is 0 Å². The van der Waals surface area contributed by atoms with Crippen molar-refractivity contribution in [2.24, 2.45) is 7.05 Å². The summed E-state index contributed by atoms with van der Waals surface area (Å²) < 4.78 is 3.67. The molecular weight excluding hydrogens is 196 g/mol. The number of aromatic nitrogens is 2. The molecule has 1 aromatic heterocycles. The van der Waals surface area contributed by atoms with Crippen LogP contribution in [0.15, 0.2) is 36.5 Å². The third kappa shape index (κ3) is 1.33. The van der Waals surface area contributed by atoms with Crippen molar-refractivity contribution in [1.82, 2.24) is 9.13 Å². The number of rotatable bonds is 1. The van der Waals surface area contributed by atoms with E-state index in [9.17, 15) is 5.11 Å². The molecule has 1 heterocycles. The van der Waals surface area contributed by atoms with Gasteiger partial charge in [-0.05, 0) is 30.2 Å². The summed E-state index contributed by atoms with van der Waals surface area (Å²) in [4.78, 5) is 0. The molecule has 0 amide bonds. The third-order valence-electron chi connectivity index (χ3n) is 2.03. The maximum absolute atomic E-state index is 11.5. The highest BCUT2D eigenvalue weighted by atomic mass is 32.1. The summed E-state index contributed by atoms with van der Waals surface area (Å²) in [6.45, 7) is 0. The molecule has 0 spiro atoms. The first-order valence-electron chi connectivity index (χ1n) is 4.21. The Bertz CT molecular complexity index is 499. The van der Waals surface area contributed by atoms with Gasteiger partial charge in [0.2, 0.25) is 0 Å². The molecule has 0 aliphatic rings. The minimum Gasteiger partial charge on any atom is -0.859 e. The highest BCUT2D eigenvalue weighted by Gasteiger charge is 2.00. The first-order chi connectivity index (χ1) is 6.70. The van der Waals surface area contributed by atoms with Crippen LogP contribution in [0, 0.1) is 4.77 Å². The smallest absolute Gasteiger partial charge is 0.183 e. The van der Waals surface area contributed by atoms with E-state index in [4.69, 9.17) is 12.2 Å². The largest absolute Gasteiger partial charge is 0.859 e. The van der Waals surface area contributed by atoms with E-state index in [2.05, 4.69) is 0 Å². The van der Waals surface area contributed by atoms with Gasteiger partial charge < -0.3 is 14.2 Å². The summed E-state index contributed by atoms with van der Waals surface area (Å²) in [5.41, 5.74) is 0.808. The van der Waals surface area contributed by atoms with Crippen molar-refractivity contribution in [1.29, 1.82) is 0 Å². The molecule has 0 fully saturated rings. The van der Waals surface area contributed by atoms with Gasteiger partial charge in [0, 0.05) is 18.9 Å². The van der Waals surface area contributed by atoms with Crippen molar-refractivity contribution in [2.75, 3.05) is 0 Å². The molecule has 0 saturated heterocycles. The Labute approximate surface area is 86.9 Å². The monoisotopic (exact) mass is 205 g/mol. The normalized spacial score (nSPS) is 10.4. The fourth-order valence-electron chi connectivity index (χ4n) is 1.35. The molecule has 0 aliphatic carbocycles. The van der Waals surface area contributed by atoms with Gasteiger partial charge in [-0.15, -0.1) is 0 Å². The van der Waals surface area contributed by atoms with Gasteiger partial charge in [-0.3, -0.25) is 0 Å². The van der Waals surface area contributed by atoms with Gasteiger partial charge in [0.15, 0.2) is 4.77 Å². The minimum atomic E-state index is -0.0938. The molecular formula is C10H9N2OS-. The van der Waals surface area contributed by atoms with Gasteiger partial charge in [-0.25, -0.2) is 0 Å². The summed E-state index contributed by atoms with van der Waals surface area (Å²) in [7, 11) is 1.77. The second kappa shape index (κ2) is 3.31. The zero-order chi connectivity index (χ0) is 10.1. The second-order valence-corrected chi connectivity index (χ2v) is 3.40. The van der Waals surface area contributed by atoms with Crippen LogP contribution in [0.3, 0.4) is 0 Å². The van der Waals surface area contributed by atoms with Crippen molar-refractivity contribution >= 4 is 12.2 Å². The van der Waals surface area contributed by atoms with Crippen LogP contribution in [0.2, 0.25) is 0 Å². The molecule has 0 N–H and O–H groups in total. The van der Waals surface area contributed by atoms with Crippen molar-refractivity contribution in [3.8, 4) is 11.6 Å². The highest BCUT2D eigenvalue weighted by molar-refractivity contribution is 7.71. The van der Waals surface area contributed by atoms with Gasteiger partial charge >= 0.3 is 0 Å². The number of hydrogen-bond donors (Lipinski definition) is 0. The number of benzene rings is 1. The summed E-state index contributed by atoms with van der Waals surface area (Å²) in [5, 5.41) is 11.5. The Kier molecular flexibility index (Phi) is 2.13. The Morgan fingerprint density at radius 2 is 1.86 bits per heavy atom. The van der Waals surface area contributed by atoms with Crippen LogP contribution in [-0.2, 0) is 7.05 Å². The second-order valence-electron chi connectivity index (χ2n) is 3.03. The van der Waals surface area contributed by atoms with E-state index in [1.54, 1.807) is 11.6 Å². The molecule has 3 nitrogen and oxygen atoms in total. The maximum Gasteiger partial charge on any atom is 0.183 e. The lowest BCUT2D eigenvalue weighted by atomic mass is 10.3. The van der Waals surface area contributed by atoms with Crippen LogP contribution < -0.4 is 5.11 Å². The standard InChI is InChI=1S/C10H10N2OS/c1-11-7-9(13)12(10(11)14)8-5-3-2-4-6-8/h2-7,13H,1H3/p-1. The van der Waals surface area contributed by atoms with Gasteiger partial charge in [-0.1, -0.05) is 18.2 Å². The Balaban J connectivity index is 2.69. The number of aryl methyl sites for hydroxylation is 1. The first kappa shape index (κ1) is 9.02. The van der Waals surface area contributed by atoms with E-state index in [-0.39, 0.29) is 5.88 Å². The van der Waals surface area contributed by atoms with Gasteiger partial charge in [0.1, 0.15) is 0 Å². The lowest BCUT2D eigenvalue weighted by Crippen LogP contribution is -2.01. The van der Waals surface area contributed by atoms with E-state index in [1.165, 1.54) is 10.8 Å². The predicted octanol–water partition coefficient (Wildman–Crippen LogP) is 1.62. The zero-order valence-electron chi connectivity index (χ0n) is 7.68. The molecule has 2 rings (SSSR count). The van der Waals surface area contributed by atoms with Crippen LogP contribution in [0.1, 0.15) is 0 Å². The first-order valence-corrected chi connectivity index (χ1v) is 4.62. The SMILES string of the molecule is Cn1cc([O-])n(-c2ccccc2)c1=S. The number of para-hydroxylation sites is 1.